The van der Waals surface area contributed by atoms with E-state index in [1.54, 1.807) is 12.3 Å². The molecule has 2 rings (SSSR count). The lowest BCUT2D eigenvalue weighted by atomic mass is 9.89. The first-order chi connectivity index (χ1) is 10.8. The molecule has 0 radical (unpaired) electrons. The number of nitrogens with zero attached hydrogens (tertiary/aromatic N) is 1. The highest BCUT2D eigenvalue weighted by Crippen LogP contribution is 2.28. The van der Waals surface area contributed by atoms with Gasteiger partial charge in [-0.2, -0.15) is 0 Å². The van der Waals surface area contributed by atoms with Gasteiger partial charge in [-0.05, 0) is 70.7 Å². The van der Waals surface area contributed by atoms with Crippen LogP contribution < -0.4 is 10.9 Å². The molecule has 1 amide bonds. The van der Waals surface area contributed by atoms with Gasteiger partial charge in [-0.25, -0.2) is 0 Å². The second kappa shape index (κ2) is 7.30. The molecule has 0 bridgehead atoms. The molecule has 2 heterocycles. The van der Waals surface area contributed by atoms with Gasteiger partial charge in [0, 0.05) is 17.8 Å². The zero-order chi connectivity index (χ0) is 17.0. The Labute approximate surface area is 138 Å². The predicted octanol–water partition coefficient (Wildman–Crippen LogP) is 2.25. The monoisotopic (exact) mass is 319 g/mol. The minimum absolute atomic E-state index is 0.0408. The fraction of sp³-hybridized carbons (Fsp3) is 0.667. The summed E-state index contributed by atoms with van der Waals surface area (Å²) in [5.41, 5.74) is 0.870. The van der Waals surface area contributed by atoms with Crippen molar-refractivity contribution < 1.29 is 4.79 Å². The summed E-state index contributed by atoms with van der Waals surface area (Å²) in [7, 11) is 0. The molecule has 5 nitrogen and oxygen atoms in total. The molecule has 128 valence electrons. The normalized spacial score (nSPS) is 18.6. The van der Waals surface area contributed by atoms with Crippen LogP contribution in [0, 0.1) is 0 Å². The molecule has 0 saturated carbocycles. The maximum atomic E-state index is 12.5. The van der Waals surface area contributed by atoms with Crippen molar-refractivity contribution in [1.29, 1.82) is 0 Å². The Kier molecular flexibility index (Phi) is 5.63. The van der Waals surface area contributed by atoms with Gasteiger partial charge in [0.25, 0.3) is 0 Å². The van der Waals surface area contributed by atoms with Crippen LogP contribution >= 0.6 is 0 Å². The molecule has 1 atom stereocenters. The van der Waals surface area contributed by atoms with Crippen LogP contribution in [0.5, 0.6) is 0 Å². The number of pyridine rings is 1. The number of aromatic amines is 1. The third-order valence-corrected chi connectivity index (χ3v) is 4.43. The molecule has 1 saturated heterocycles. The van der Waals surface area contributed by atoms with E-state index in [9.17, 15) is 9.59 Å². The molecule has 0 aromatic carbocycles. The highest BCUT2D eigenvalue weighted by Gasteiger charge is 2.30. The van der Waals surface area contributed by atoms with E-state index in [1.165, 1.54) is 0 Å². The Bertz CT molecular complexity index is 580. The van der Waals surface area contributed by atoms with Crippen LogP contribution in [-0.2, 0) is 4.79 Å². The summed E-state index contributed by atoms with van der Waals surface area (Å²) in [5.74, 6) is 0.534. The van der Waals surface area contributed by atoms with E-state index in [0.717, 1.165) is 37.9 Å². The summed E-state index contributed by atoms with van der Waals surface area (Å²) in [6.07, 6.45) is 4.51. The molecule has 1 aliphatic rings. The number of hydrogen-bond acceptors (Lipinski definition) is 3. The number of amides is 1. The van der Waals surface area contributed by atoms with E-state index in [1.807, 2.05) is 26.8 Å². The van der Waals surface area contributed by atoms with Crippen LogP contribution in [0.1, 0.15) is 58.4 Å². The zero-order valence-corrected chi connectivity index (χ0v) is 14.7. The highest BCUT2D eigenvalue weighted by molar-refractivity contribution is 5.82. The van der Waals surface area contributed by atoms with Crippen molar-refractivity contribution in [3.8, 4) is 0 Å². The number of carbonyl (C=O) groups excluding carboxylic acids is 1. The number of piperidine rings is 1. The van der Waals surface area contributed by atoms with E-state index in [0.29, 0.717) is 5.92 Å². The third kappa shape index (κ3) is 4.93. The number of carbonyl (C=O) groups is 1. The Balaban J connectivity index is 1.97. The fourth-order valence-electron chi connectivity index (χ4n) is 3.32. The van der Waals surface area contributed by atoms with Crippen LogP contribution in [0.3, 0.4) is 0 Å². The van der Waals surface area contributed by atoms with E-state index in [4.69, 9.17) is 0 Å². The molecule has 0 aliphatic carbocycles. The van der Waals surface area contributed by atoms with Crippen LogP contribution in [0.15, 0.2) is 23.1 Å². The smallest absolute Gasteiger partial charge is 0.248 e. The molecule has 1 fully saturated rings. The molecule has 5 heteroatoms. The number of rotatable bonds is 4. The van der Waals surface area contributed by atoms with Gasteiger partial charge < -0.3 is 10.3 Å². The van der Waals surface area contributed by atoms with Crippen molar-refractivity contribution in [3.05, 3.63) is 34.2 Å². The van der Waals surface area contributed by atoms with Crippen molar-refractivity contribution >= 4 is 5.91 Å². The van der Waals surface area contributed by atoms with E-state index < -0.39 is 0 Å². The Hall–Kier alpha value is -1.62. The first-order valence-electron chi connectivity index (χ1n) is 8.55. The van der Waals surface area contributed by atoms with Crippen LogP contribution in [0.4, 0.5) is 0 Å². The Morgan fingerprint density at radius 3 is 2.57 bits per heavy atom. The van der Waals surface area contributed by atoms with E-state index in [2.05, 4.69) is 22.1 Å². The molecule has 1 aromatic heterocycles. The minimum atomic E-state index is -0.201. The van der Waals surface area contributed by atoms with Gasteiger partial charge in [0.1, 0.15) is 0 Å². The average molecular weight is 319 g/mol. The number of hydrogen-bond donors (Lipinski definition) is 2. The standard InChI is InChI=1S/C18H29N3O2/c1-5-15(17(23)20-18(2,3)4)21-10-7-13(8-11-21)14-6-9-19-16(22)12-14/h6,9,12-13,15H,5,7-8,10-11H2,1-4H3,(H,19,22)(H,20,23). The first-order valence-corrected chi connectivity index (χ1v) is 8.55. The van der Waals surface area contributed by atoms with Crippen LogP contribution in [0.25, 0.3) is 0 Å². The Morgan fingerprint density at radius 2 is 2.04 bits per heavy atom. The fourth-order valence-corrected chi connectivity index (χ4v) is 3.32. The largest absolute Gasteiger partial charge is 0.350 e. The van der Waals surface area contributed by atoms with Gasteiger partial charge in [0.05, 0.1) is 6.04 Å². The van der Waals surface area contributed by atoms with Gasteiger partial charge in [0.2, 0.25) is 11.5 Å². The molecule has 2 N–H and O–H groups in total. The van der Waals surface area contributed by atoms with Crippen LogP contribution in [0.2, 0.25) is 0 Å². The lowest BCUT2D eigenvalue weighted by molar-refractivity contribution is -0.128. The molecule has 1 aliphatic heterocycles. The average Bonchev–Trinajstić information content (AvgIpc) is 2.47. The molecular weight excluding hydrogens is 290 g/mol. The molecule has 23 heavy (non-hydrogen) atoms. The summed E-state index contributed by atoms with van der Waals surface area (Å²) in [4.78, 5) is 28.9. The van der Waals surface area contributed by atoms with Gasteiger partial charge in [-0.15, -0.1) is 0 Å². The third-order valence-electron chi connectivity index (χ3n) is 4.43. The van der Waals surface area contributed by atoms with Crippen molar-refractivity contribution in [3.63, 3.8) is 0 Å². The summed E-state index contributed by atoms with van der Waals surface area (Å²) >= 11 is 0. The Morgan fingerprint density at radius 1 is 1.39 bits per heavy atom. The topological polar surface area (TPSA) is 65.2 Å². The van der Waals surface area contributed by atoms with Gasteiger partial charge in [-0.3, -0.25) is 14.5 Å². The van der Waals surface area contributed by atoms with E-state index >= 15 is 0 Å². The second-order valence-corrected chi connectivity index (χ2v) is 7.46. The van der Waals surface area contributed by atoms with Crippen LogP contribution in [-0.4, -0.2) is 40.5 Å². The van der Waals surface area contributed by atoms with Crippen molar-refractivity contribution in [1.82, 2.24) is 15.2 Å². The van der Waals surface area contributed by atoms with Gasteiger partial charge in [-0.1, -0.05) is 6.92 Å². The maximum absolute atomic E-state index is 12.5. The van der Waals surface area contributed by atoms with E-state index in [-0.39, 0.29) is 23.0 Å². The second-order valence-electron chi connectivity index (χ2n) is 7.46. The molecule has 1 unspecified atom stereocenters. The molecule has 0 spiro atoms. The van der Waals surface area contributed by atoms with Crippen molar-refractivity contribution in [2.24, 2.45) is 0 Å². The lowest BCUT2D eigenvalue weighted by Crippen LogP contribution is -2.53. The molecule has 1 aromatic rings. The quantitative estimate of drug-likeness (QED) is 0.894. The highest BCUT2D eigenvalue weighted by atomic mass is 16.2. The SMILES string of the molecule is CCC(C(=O)NC(C)(C)C)N1CCC(c2cc[nH]c(=O)c2)CC1. The summed E-state index contributed by atoms with van der Waals surface area (Å²) in [5, 5.41) is 3.09. The summed E-state index contributed by atoms with van der Waals surface area (Å²) in [6.45, 7) is 9.89. The van der Waals surface area contributed by atoms with Gasteiger partial charge in [0.15, 0.2) is 0 Å². The van der Waals surface area contributed by atoms with Crippen molar-refractivity contribution in [2.75, 3.05) is 13.1 Å². The summed E-state index contributed by atoms with van der Waals surface area (Å²) < 4.78 is 0. The van der Waals surface area contributed by atoms with Gasteiger partial charge >= 0.3 is 0 Å². The van der Waals surface area contributed by atoms with Crippen molar-refractivity contribution in [2.45, 2.75) is 64.5 Å². The predicted molar refractivity (Wildman–Crippen MR) is 92.6 cm³/mol. The first kappa shape index (κ1) is 17.7. The summed E-state index contributed by atoms with van der Waals surface area (Å²) in [6, 6.07) is 3.63. The maximum Gasteiger partial charge on any atom is 0.248 e. The minimum Gasteiger partial charge on any atom is -0.350 e. The number of nitrogens with one attached hydrogen (secondary N) is 2. The zero-order valence-electron chi connectivity index (χ0n) is 14.7. The number of H-pyrrole nitrogens is 1. The lowest BCUT2D eigenvalue weighted by Gasteiger charge is -2.37. The molecular formula is C18H29N3O2. The number of likely N-dealkylation sites (tertiary alicyclic amines) is 1. The number of aromatic nitrogens is 1.